The Bertz CT molecular complexity index is 428. The van der Waals surface area contributed by atoms with Crippen LogP contribution in [-0.2, 0) is 4.79 Å². The Morgan fingerprint density at radius 3 is 2.78 bits per heavy atom. The first-order chi connectivity index (χ1) is 8.63. The number of nitrogens with one attached hydrogen (secondary N) is 1. The van der Waals surface area contributed by atoms with Gasteiger partial charge in [0, 0.05) is 16.8 Å². The maximum absolute atomic E-state index is 11.4. The van der Waals surface area contributed by atoms with Crippen LogP contribution in [-0.4, -0.2) is 18.2 Å². The molecule has 1 amide bonds. The van der Waals surface area contributed by atoms with E-state index >= 15 is 0 Å². The molecule has 0 aliphatic carbocycles. The molecule has 0 saturated carbocycles. The molecule has 0 heterocycles. The second kappa shape index (κ2) is 8.02. The van der Waals surface area contributed by atoms with E-state index in [0.29, 0.717) is 23.7 Å². The Morgan fingerprint density at radius 2 is 2.17 bits per heavy atom. The molecule has 0 aromatic heterocycles. The Labute approximate surface area is 117 Å². The Hall–Kier alpha value is -1.18. The number of thioether (sulfide) groups is 1. The zero-order valence-corrected chi connectivity index (χ0v) is 11.7. The van der Waals surface area contributed by atoms with Gasteiger partial charge >= 0.3 is 0 Å². The quantitative estimate of drug-likeness (QED) is 0.816. The van der Waals surface area contributed by atoms with E-state index in [0.717, 1.165) is 5.56 Å². The third kappa shape index (κ3) is 5.44. The van der Waals surface area contributed by atoms with E-state index in [-0.39, 0.29) is 11.2 Å². The molecule has 0 radical (unpaired) electrons. The number of hydrogen-bond acceptors (Lipinski definition) is 3. The zero-order valence-electron chi connectivity index (χ0n) is 10.1. The van der Waals surface area contributed by atoms with Crippen molar-refractivity contribution in [2.24, 2.45) is 0 Å². The summed E-state index contributed by atoms with van der Waals surface area (Å²) in [5, 5.41) is 12.0. The van der Waals surface area contributed by atoms with Crippen molar-refractivity contribution >= 4 is 29.3 Å². The first-order valence-electron chi connectivity index (χ1n) is 5.64. The Balaban J connectivity index is 2.32. The van der Waals surface area contributed by atoms with Gasteiger partial charge in [0.05, 0.1) is 18.2 Å². The number of hydrogen-bond donors (Lipinski definition) is 1. The summed E-state index contributed by atoms with van der Waals surface area (Å²) in [5.41, 5.74) is 1.15. The summed E-state index contributed by atoms with van der Waals surface area (Å²) in [6.45, 7) is 2.47. The van der Waals surface area contributed by atoms with E-state index in [1.807, 2.05) is 30.3 Å². The highest BCUT2D eigenvalue weighted by atomic mass is 35.5. The highest BCUT2D eigenvalue weighted by Crippen LogP contribution is 2.28. The van der Waals surface area contributed by atoms with Crippen molar-refractivity contribution in [3.05, 3.63) is 34.9 Å². The average molecular weight is 283 g/mol. The molecule has 1 N–H and O–H groups in total. The number of carbonyl (C=O) groups excluding carboxylic acids is 1. The first kappa shape index (κ1) is 14.9. The number of carbonyl (C=O) groups is 1. The summed E-state index contributed by atoms with van der Waals surface area (Å²) >= 11 is 7.38. The molecule has 1 rings (SSSR count). The van der Waals surface area contributed by atoms with Crippen LogP contribution >= 0.6 is 23.4 Å². The van der Waals surface area contributed by atoms with Crippen molar-refractivity contribution in [3.63, 3.8) is 0 Å². The van der Waals surface area contributed by atoms with Crippen LogP contribution in [0.5, 0.6) is 0 Å². The van der Waals surface area contributed by atoms with Crippen LogP contribution in [0.1, 0.15) is 24.2 Å². The second-order valence-corrected chi connectivity index (χ2v) is 5.53. The molecule has 0 fully saturated rings. The maximum atomic E-state index is 11.4. The Kier molecular flexibility index (Phi) is 6.63. The van der Waals surface area contributed by atoms with Crippen molar-refractivity contribution in [1.82, 2.24) is 5.32 Å². The van der Waals surface area contributed by atoms with Crippen molar-refractivity contribution < 1.29 is 4.79 Å². The number of amides is 1. The van der Waals surface area contributed by atoms with Crippen LogP contribution in [0.15, 0.2) is 24.3 Å². The minimum absolute atomic E-state index is 0.0314. The molecule has 1 aromatic carbocycles. The smallest absolute Gasteiger partial charge is 0.230 e. The fourth-order valence-electron chi connectivity index (χ4n) is 1.34. The first-order valence-corrected chi connectivity index (χ1v) is 7.07. The van der Waals surface area contributed by atoms with Crippen molar-refractivity contribution in [2.45, 2.75) is 18.6 Å². The molecule has 3 nitrogen and oxygen atoms in total. The van der Waals surface area contributed by atoms with E-state index < -0.39 is 0 Å². The highest BCUT2D eigenvalue weighted by molar-refractivity contribution is 8.00. The number of rotatable bonds is 6. The predicted molar refractivity (Wildman–Crippen MR) is 75.6 cm³/mol. The largest absolute Gasteiger partial charge is 0.354 e. The number of nitriles is 1. The van der Waals surface area contributed by atoms with Gasteiger partial charge in [-0.05, 0) is 24.6 Å². The van der Waals surface area contributed by atoms with Gasteiger partial charge in [-0.3, -0.25) is 4.79 Å². The molecule has 1 atom stereocenters. The van der Waals surface area contributed by atoms with Gasteiger partial charge in [0.15, 0.2) is 0 Å². The van der Waals surface area contributed by atoms with Crippen LogP contribution in [0.3, 0.4) is 0 Å². The number of halogens is 1. The molecule has 18 heavy (non-hydrogen) atoms. The van der Waals surface area contributed by atoms with Gasteiger partial charge in [0.1, 0.15) is 0 Å². The van der Waals surface area contributed by atoms with Gasteiger partial charge in [-0.2, -0.15) is 5.26 Å². The molecule has 0 aliphatic rings. The SMILES string of the molecule is C[C@@H](SCC(=O)NCCC#N)c1ccc(Cl)cc1. The van der Waals surface area contributed by atoms with Gasteiger partial charge in [-0.25, -0.2) is 0 Å². The fourth-order valence-corrected chi connectivity index (χ4v) is 2.32. The Morgan fingerprint density at radius 1 is 1.50 bits per heavy atom. The summed E-state index contributed by atoms with van der Waals surface area (Å²) in [5.74, 6) is 0.367. The normalized spacial score (nSPS) is 11.6. The molecular weight excluding hydrogens is 268 g/mol. The van der Waals surface area contributed by atoms with Crippen molar-refractivity contribution in [3.8, 4) is 6.07 Å². The van der Waals surface area contributed by atoms with E-state index in [1.54, 1.807) is 11.8 Å². The molecule has 0 spiro atoms. The van der Waals surface area contributed by atoms with E-state index in [4.69, 9.17) is 16.9 Å². The molecule has 0 saturated heterocycles. The van der Waals surface area contributed by atoms with Crippen LogP contribution in [0, 0.1) is 11.3 Å². The minimum Gasteiger partial charge on any atom is -0.354 e. The molecule has 5 heteroatoms. The van der Waals surface area contributed by atoms with Crippen LogP contribution in [0.4, 0.5) is 0 Å². The average Bonchev–Trinajstić information content (AvgIpc) is 2.37. The zero-order chi connectivity index (χ0) is 13.4. The standard InChI is InChI=1S/C13H15ClN2OS/c1-10(11-3-5-12(14)6-4-11)18-9-13(17)16-8-2-7-15/h3-6,10H,2,8-9H2,1H3,(H,16,17)/t10-/m1/s1. The lowest BCUT2D eigenvalue weighted by atomic mass is 10.2. The monoisotopic (exact) mass is 282 g/mol. The fraction of sp³-hybridized carbons (Fsp3) is 0.385. The van der Waals surface area contributed by atoms with Gasteiger partial charge in [0.2, 0.25) is 5.91 Å². The number of benzene rings is 1. The van der Waals surface area contributed by atoms with Gasteiger partial charge < -0.3 is 5.32 Å². The minimum atomic E-state index is -0.0314. The van der Waals surface area contributed by atoms with Gasteiger partial charge in [-0.1, -0.05) is 23.7 Å². The van der Waals surface area contributed by atoms with Crippen molar-refractivity contribution in [2.75, 3.05) is 12.3 Å². The third-order valence-corrected chi connectivity index (χ3v) is 3.82. The van der Waals surface area contributed by atoms with Gasteiger partial charge in [-0.15, -0.1) is 11.8 Å². The maximum Gasteiger partial charge on any atom is 0.230 e. The van der Waals surface area contributed by atoms with Crippen LogP contribution in [0.25, 0.3) is 0 Å². The lowest BCUT2D eigenvalue weighted by Gasteiger charge is -2.11. The number of nitrogens with zero attached hydrogens (tertiary/aromatic N) is 1. The van der Waals surface area contributed by atoms with E-state index in [1.165, 1.54) is 0 Å². The van der Waals surface area contributed by atoms with Crippen LogP contribution in [0.2, 0.25) is 5.02 Å². The summed E-state index contributed by atoms with van der Waals surface area (Å²) in [6.07, 6.45) is 0.350. The van der Waals surface area contributed by atoms with E-state index in [2.05, 4.69) is 12.2 Å². The molecule has 0 aliphatic heterocycles. The predicted octanol–water partition coefficient (Wildman–Crippen LogP) is 3.16. The molecule has 1 aromatic rings. The highest BCUT2D eigenvalue weighted by Gasteiger charge is 2.08. The molecule has 0 unspecified atom stereocenters. The van der Waals surface area contributed by atoms with Crippen molar-refractivity contribution in [1.29, 1.82) is 5.26 Å². The summed E-state index contributed by atoms with van der Waals surface area (Å²) in [4.78, 5) is 11.4. The lowest BCUT2D eigenvalue weighted by Crippen LogP contribution is -2.26. The topological polar surface area (TPSA) is 52.9 Å². The summed E-state index contributed by atoms with van der Waals surface area (Å²) in [6, 6.07) is 9.61. The molecular formula is C13H15ClN2OS. The molecule has 0 bridgehead atoms. The lowest BCUT2D eigenvalue weighted by molar-refractivity contribution is -0.118. The molecule has 96 valence electrons. The second-order valence-electron chi connectivity index (χ2n) is 3.76. The van der Waals surface area contributed by atoms with Crippen LogP contribution < -0.4 is 5.32 Å². The summed E-state index contributed by atoms with van der Waals surface area (Å²) in [7, 11) is 0. The van der Waals surface area contributed by atoms with E-state index in [9.17, 15) is 4.79 Å². The summed E-state index contributed by atoms with van der Waals surface area (Å²) < 4.78 is 0. The van der Waals surface area contributed by atoms with Gasteiger partial charge in [0.25, 0.3) is 0 Å². The third-order valence-electron chi connectivity index (χ3n) is 2.36.